The number of halogens is 1. The van der Waals surface area contributed by atoms with Crippen LogP contribution in [0.3, 0.4) is 0 Å². The third-order valence-electron chi connectivity index (χ3n) is 3.99. The first-order valence-electron chi connectivity index (χ1n) is 6.83. The van der Waals surface area contributed by atoms with Gasteiger partial charge in [-0.15, -0.1) is 0 Å². The first-order valence-corrected chi connectivity index (χ1v) is 7.63. The molecule has 0 radical (unpaired) electrons. The lowest BCUT2D eigenvalue weighted by Gasteiger charge is -2.43. The molecule has 0 spiro atoms. The lowest BCUT2D eigenvalue weighted by molar-refractivity contribution is 0.0823. The maximum atomic E-state index is 12.4. The molecule has 1 aliphatic carbocycles. The van der Waals surface area contributed by atoms with Crippen LogP contribution >= 0.6 is 15.9 Å². The lowest BCUT2D eigenvalue weighted by Crippen LogP contribution is -2.50. The molecule has 0 saturated heterocycles. The van der Waals surface area contributed by atoms with Gasteiger partial charge in [-0.2, -0.15) is 0 Å². The fraction of sp³-hybridized carbons (Fsp3) is 0.235. The van der Waals surface area contributed by atoms with E-state index in [1.165, 1.54) is 5.56 Å². The molecule has 1 fully saturated rings. The Balaban J connectivity index is 1.82. The summed E-state index contributed by atoms with van der Waals surface area (Å²) in [5, 5.41) is 3.23. The highest BCUT2D eigenvalue weighted by atomic mass is 79.9. The summed E-state index contributed by atoms with van der Waals surface area (Å²) in [6, 6.07) is 17.7. The van der Waals surface area contributed by atoms with E-state index in [0.29, 0.717) is 5.56 Å². The van der Waals surface area contributed by atoms with Gasteiger partial charge in [-0.25, -0.2) is 0 Å². The quantitative estimate of drug-likeness (QED) is 0.895. The van der Waals surface area contributed by atoms with Gasteiger partial charge in [0.15, 0.2) is 0 Å². The smallest absolute Gasteiger partial charge is 0.251 e. The molecule has 0 bridgehead atoms. The van der Waals surface area contributed by atoms with E-state index in [1.807, 2.05) is 42.5 Å². The zero-order valence-corrected chi connectivity index (χ0v) is 12.7. The molecule has 0 aliphatic heterocycles. The van der Waals surface area contributed by atoms with Gasteiger partial charge in [-0.1, -0.05) is 46.3 Å². The van der Waals surface area contributed by atoms with Gasteiger partial charge < -0.3 is 5.32 Å². The minimum atomic E-state index is -0.175. The highest BCUT2D eigenvalue weighted by molar-refractivity contribution is 9.10. The van der Waals surface area contributed by atoms with Crippen LogP contribution in [0, 0.1) is 0 Å². The molecular formula is C17H16BrNO. The summed E-state index contributed by atoms with van der Waals surface area (Å²) in [6.45, 7) is 0. The summed E-state index contributed by atoms with van der Waals surface area (Å²) in [6.07, 6.45) is 3.19. The van der Waals surface area contributed by atoms with Crippen LogP contribution in [0.25, 0.3) is 0 Å². The standard InChI is InChI=1S/C17H16BrNO/c18-15-9-7-13(8-10-15)16(20)19-17(11-4-12-17)14-5-2-1-3-6-14/h1-3,5-10H,4,11-12H2,(H,19,20). The van der Waals surface area contributed by atoms with Gasteiger partial charge in [-0.3, -0.25) is 4.79 Å². The van der Waals surface area contributed by atoms with Crippen molar-refractivity contribution >= 4 is 21.8 Å². The molecule has 1 aliphatic rings. The van der Waals surface area contributed by atoms with Gasteiger partial charge in [0.2, 0.25) is 0 Å². The molecule has 1 N–H and O–H groups in total. The van der Waals surface area contributed by atoms with Crippen LogP contribution in [-0.2, 0) is 5.54 Å². The van der Waals surface area contributed by atoms with Crippen molar-refractivity contribution in [2.45, 2.75) is 24.8 Å². The van der Waals surface area contributed by atoms with Gasteiger partial charge in [-0.05, 0) is 49.1 Å². The van der Waals surface area contributed by atoms with Gasteiger partial charge in [0.25, 0.3) is 5.91 Å². The number of hydrogen-bond acceptors (Lipinski definition) is 1. The number of hydrogen-bond donors (Lipinski definition) is 1. The Bertz CT molecular complexity index is 603. The SMILES string of the molecule is O=C(NC1(c2ccccc2)CCC1)c1ccc(Br)cc1. The highest BCUT2D eigenvalue weighted by Gasteiger charge is 2.39. The number of nitrogens with one attached hydrogen (secondary N) is 1. The van der Waals surface area contributed by atoms with Crippen LogP contribution in [0.2, 0.25) is 0 Å². The van der Waals surface area contributed by atoms with E-state index < -0.39 is 0 Å². The molecule has 2 aromatic carbocycles. The van der Waals surface area contributed by atoms with E-state index in [1.54, 1.807) is 0 Å². The Morgan fingerprint density at radius 2 is 1.65 bits per heavy atom. The third kappa shape index (κ3) is 2.50. The molecule has 0 aromatic heterocycles. The van der Waals surface area contributed by atoms with Crippen molar-refractivity contribution < 1.29 is 4.79 Å². The number of amides is 1. The minimum Gasteiger partial charge on any atom is -0.343 e. The summed E-state index contributed by atoms with van der Waals surface area (Å²) in [4.78, 5) is 12.4. The summed E-state index contributed by atoms with van der Waals surface area (Å²) in [5.41, 5.74) is 1.73. The molecule has 3 heteroatoms. The minimum absolute atomic E-state index is 0.000975. The Kier molecular flexibility index (Phi) is 3.62. The van der Waals surface area contributed by atoms with E-state index in [4.69, 9.17) is 0 Å². The van der Waals surface area contributed by atoms with Crippen molar-refractivity contribution in [3.05, 3.63) is 70.2 Å². The molecule has 0 unspecified atom stereocenters. The van der Waals surface area contributed by atoms with Crippen LogP contribution in [-0.4, -0.2) is 5.91 Å². The van der Waals surface area contributed by atoms with Gasteiger partial charge >= 0.3 is 0 Å². The van der Waals surface area contributed by atoms with Crippen LogP contribution in [0.5, 0.6) is 0 Å². The fourth-order valence-corrected chi connectivity index (χ4v) is 2.93. The predicted molar refractivity (Wildman–Crippen MR) is 83.6 cm³/mol. The molecule has 2 nitrogen and oxygen atoms in total. The van der Waals surface area contributed by atoms with Crippen LogP contribution < -0.4 is 5.32 Å². The normalized spacial score (nSPS) is 16.2. The molecule has 0 atom stereocenters. The Morgan fingerprint density at radius 1 is 1.00 bits per heavy atom. The largest absolute Gasteiger partial charge is 0.343 e. The maximum absolute atomic E-state index is 12.4. The molecule has 102 valence electrons. The van der Waals surface area contributed by atoms with Crippen molar-refractivity contribution in [2.24, 2.45) is 0 Å². The molecule has 1 amide bonds. The van der Waals surface area contributed by atoms with Crippen LogP contribution in [0.1, 0.15) is 35.2 Å². The van der Waals surface area contributed by atoms with E-state index in [9.17, 15) is 4.79 Å². The Labute approximate surface area is 127 Å². The fourth-order valence-electron chi connectivity index (χ4n) is 2.66. The van der Waals surface area contributed by atoms with E-state index in [-0.39, 0.29) is 11.4 Å². The van der Waals surface area contributed by atoms with Crippen LogP contribution in [0.4, 0.5) is 0 Å². The van der Waals surface area contributed by atoms with E-state index >= 15 is 0 Å². The van der Waals surface area contributed by atoms with Crippen molar-refractivity contribution in [3.8, 4) is 0 Å². The summed E-state index contributed by atoms with van der Waals surface area (Å²) >= 11 is 3.39. The van der Waals surface area contributed by atoms with Crippen molar-refractivity contribution in [1.29, 1.82) is 0 Å². The maximum Gasteiger partial charge on any atom is 0.251 e. The van der Waals surface area contributed by atoms with Gasteiger partial charge in [0.1, 0.15) is 0 Å². The second-order valence-electron chi connectivity index (χ2n) is 5.26. The summed E-state index contributed by atoms with van der Waals surface area (Å²) in [5.74, 6) is 0.000975. The van der Waals surface area contributed by atoms with E-state index in [0.717, 1.165) is 23.7 Å². The average Bonchev–Trinajstić information content (AvgIpc) is 2.44. The van der Waals surface area contributed by atoms with Crippen molar-refractivity contribution in [1.82, 2.24) is 5.32 Å². The molecule has 2 aromatic rings. The van der Waals surface area contributed by atoms with Crippen molar-refractivity contribution in [2.75, 3.05) is 0 Å². The molecule has 3 rings (SSSR count). The molecule has 0 heterocycles. The first kappa shape index (κ1) is 13.4. The first-order chi connectivity index (χ1) is 9.70. The second kappa shape index (κ2) is 5.41. The zero-order chi connectivity index (χ0) is 14.0. The molecular weight excluding hydrogens is 314 g/mol. The zero-order valence-electron chi connectivity index (χ0n) is 11.1. The second-order valence-corrected chi connectivity index (χ2v) is 6.18. The van der Waals surface area contributed by atoms with Crippen LogP contribution in [0.15, 0.2) is 59.1 Å². The summed E-state index contributed by atoms with van der Waals surface area (Å²) < 4.78 is 0.982. The van der Waals surface area contributed by atoms with Gasteiger partial charge in [0.05, 0.1) is 5.54 Å². The summed E-state index contributed by atoms with van der Waals surface area (Å²) in [7, 11) is 0. The topological polar surface area (TPSA) is 29.1 Å². The number of rotatable bonds is 3. The number of carbonyl (C=O) groups is 1. The lowest BCUT2D eigenvalue weighted by atomic mass is 9.71. The average molecular weight is 330 g/mol. The van der Waals surface area contributed by atoms with Gasteiger partial charge in [0, 0.05) is 10.0 Å². The predicted octanol–water partition coefficient (Wildman–Crippen LogP) is 4.26. The van der Waals surface area contributed by atoms with Crippen molar-refractivity contribution in [3.63, 3.8) is 0 Å². The number of carbonyl (C=O) groups excluding carboxylic acids is 1. The molecule has 1 saturated carbocycles. The number of benzene rings is 2. The highest BCUT2D eigenvalue weighted by Crippen LogP contribution is 2.41. The Morgan fingerprint density at radius 3 is 2.20 bits per heavy atom. The third-order valence-corrected chi connectivity index (χ3v) is 4.52. The van der Waals surface area contributed by atoms with E-state index in [2.05, 4.69) is 33.4 Å². The monoisotopic (exact) mass is 329 g/mol. The Hall–Kier alpha value is -1.61. The molecule has 20 heavy (non-hydrogen) atoms.